The van der Waals surface area contributed by atoms with E-state index in [4.69, 9.17) is 4.74 Å². The topological polar surface area (TPSA) is 55.4 Å². The molecule has 0 aromatic carbocycles. The molecule has 0 unspecified atom stereocenters. The second-order valence-corrected chi connectivity index (χ2v) is 6.30. The first kappa shape index (κ1) is 15.8. The van der Waals surface area contributed by atoms with Gasteiger partial charge in [0.1, 0.15) is 5.00 Å². The summed E-state index contributed by atoms with van der Waals surface area (Å²) in [4.78, 5) is 24.7. The zero-order chi connectivity index (χ0) is 15.4. The quantitative estimate of drug-likeness (QED) is 0.665. The average molecular weight is 307 g/mol. The maximum absolute atomic E-state index is 12.3. The Morgan fingerprint density at radius 3 is 2.67 bits per heavy atom. The number of hydrogen-bond acceptors (Lipinski definition) is 5. The number of allylic oxidation sites excluding steroid dienone is 2. The maximum atomic E-state index is 12.3. The molecule has 5 heteroatoms. The van der Waals surface area contributed by atoms with E-state index in [-0.39, 0.29) is 11.8 Å². The fraction of sp³-hybridized carbons (Fsp3) is 0.500. The number of hydrogen-bond donors (Lipinski definition) is 1. The van der Waals surface area contributed by atoms with Crippen LogP contribution >= 0.6 is 11.3 Å². The summed E-state index contributed by atoms with van der Waals surface area (Å²) >= 11 is 1.61. The Labute approximate surface area is 129 Å². The monoisotopic (exact) mass is 307 g/mol. The molecular weight excluding hydrogens is 286 g/mol. The zero-order valence-electron chi connectivity index (χ0n) is 12.7. The van der Waals surface area contributed by atoms with E-state index in [1.807, 2.05) is 13.8 Å². The van der Waals surface area contributed by atoms with E-state index in [0.29, 0.717) is 12.2 Å². The van der Waals surface area contributed by atoms with Crippen LogP contribution in [-0.4, -0.2) is 18.4 Å². The number of fused-ring (bicyclic) bond motifs is 1. The van der Waals surface area contributed by atoms with Crippen LogP contribution in [-0.2, 0) is 22.4 Å². The highest BCUT2D eigenvalue weighted by atomic mass is 32.1. The van der Waals surface area contributed by atoms with Crippen LogP contribution in [0.3, 0.4) is 0 Å². The van der Waals surface area contributed by atoms with Gasteiger partial charge in [0.2, 0.25) is 0 Å². The summed E-state index contributed by atoms with van der Waals surface area (Å²) < 4.78 is 5.20. The van der Waals surface area contributed by atoms with Gasteiger partial charge in [0, 0.05) is 10.6 Å². The molecule has 1 aliphatic carbocycles. The SMILES string of the molecule is CCOC(=O)c1c(N/C(C)=C\C(C)=O)sc2c1CCCC2. The number of anilines is 1. The van der Waals surface area contributed by atoms with Crippen molar-refractivity contribution < 1.29 is 14.3 Å². The van der Waals surface area contributed by atoms with Crippen molar-refractivity contribution in [3.8, 4) is 0 Å². The number of nitrogens with one attached hydrogen (secondary N) is 1. The van der Waals surface area contributed by atoms with Gasteiger partial charge in [-0.2, -0.15) is 0 Å². The van der Waals surface area contributed by atoms with Crippen molar-refractivity contribution in [2.75, 3.05) is 11.9 Å². The minimum absolute atomic E-state index is 0.0148. The largest absolute Gasteiger partial charge is 0.462 e. The molecule has 1 heterocycles. The van der Waals surface area contributed by atoms with Gasteiger partial charge in [0.05, 0.1) is 12.2 Å². The molecule has 0 aliphatic heterocycles. The number of carbonyl (C=O) groups is 2. The van der Waals surface area contributed by atoms with E-state index in [1.165, 1.54) is 17.9 Å². The molecule has 0 spiro atoms. The third-order valence-electron chi connectivity index (χ3n) is 3.38. The molecule has 4 nitrogen and oxygen atoms in total. The third-order valence-corrected chi connectivity index (χ3v) is 4.59. The van der Waals surface area contributed by atoms with Gasteiger partial charge in [0.15, 0.2) is 5.78 Å². The van der Waals surface area contributed by atoms with Gasteiger partial charge in [-0.25, -0.2) is 4.79 Å². The third kappa shape index (κ3) is 3.73. The lowest BCUT2D eigenvalue weighted by atomic mass is 9.95. The fourth-order valence-corrected chi connectivity index (χ4v) is 3.93. The molecule has 2 rings (SSSR count). The highest BCUT2D eigenvalue weighted by Gasteiger charge is 2.26. The minimum atomic E-state index is -0.268. The predicted molar refractivity (Wildman–Crippen MR) is 85.0 cm³/mol. The number of thiophene rings is 1. The minimum Gasteiger partial charge on any atom is -0.462 e. The Morgan fingerprint density at radius 2 is 2.00 bits per heavy atom. The van der Waals surface area contributed by atoms with Gasteiger partial charge in [-0.05, 0) is 58.1 Å². The first-order valence-corrected chi connectivity index (χ1v) is 8.12. The summed E-state index contributed by atoms with van der Waals surface area (Å²) in [7, 11) is 0. The van der Waals surface area contributed by atoms with Gasteiger partial charge in [-0.1, -0.05) is 0 Å². The Bertz CT molecular complexity index is 587. The second-order valence-electron chi connectivity index (χ2n) is 5.20. The summed E-state index contributed by atoms with van der Waals surface area (Å²) in [6.07, 6.45) is 5.75. The van der Waals surface area contributed by atoms with E-state index < -0.39 is 0 Å². The van der Waals surface area contributed by atoms with Crippen molar-refractivity contribution in [1.29, 1.82) is 0 Å². The molecule has 0 amide bonds. The highest BCUT2D eigenvalue weighted by molar-refractivity contribution is 7.16. The molecule has 0 fully saturated rings. The molecule has 0 radical (unpaired) electrons. The molecule has 21 heavy (non-hydrogen) atoms. The standard InChI is InChI=1S/C16H21NO3S/c1-4-20-16(19)14-12-7-5-6-8-13(12)21-15(14)17-10(2)9-11(3)18/h9,17H,4-8H2,1-3H3/b10-9-. The van der Waals surface area contributed by atoms with Crippen molar-refractivity contribution in [3.05, 3.63) is 27.8 Å². The van der Waals surface area contributed by atoms with E-state index in [1.54, 1.807) is 11.3 Å². The van der Waals surface area contributed by atoms with Crippen molar-refractivity contribution >= 4 is 28.1 Å². The van der Waals surface area contributed by atoms with Crippen LogP contribution in [0.5, 0.6) is 0 Å². The Kier molecular flexibility index (Phi) is 5.17. The van der Waals surface area contributed by atoms with E-state index in [0.717, 1.165) is 41.9 Å². The second kappa shape index (κ2) is 6.89. The first-order valence-electron chi connectivity index (χ1n) is 7.30. The van der Waals surface area contributed by atoms with Gasteiger partial charge >= 0.3 is 5.97 Å². The van der Waals surface area contributed by atoms with Crippen LogP contribution in [0.15, 0.2) is 11.8 Å². The van der Waals surface area contributed by atoms with Crippen LogP contribution in [0.4, 0.5) is 5.00 Å². The van der Waals surface area contributed by atoms with Gasteiger partial charge < -0.3 is 10.1 Å². The summed E-state index contributed by atoms with van der Waals surface area (Å²) in [6, 6.07) is 0. The van der Waals surface area contributed by atoms with Crippen molar-refractivity contribution in [1.82, 2.24) is 0 Å². The van der Waals surface area contributed by atoms with Crippen LogP contribution in [0.2, 0.25) is 0 Å². The molecule has 1 aliphatic rings. The Balaban J connectivity index is 2.37. The van der Waals surface area contributed by atoms with Crippen molar-refractivity contribution in [3.63, 3.8) is 0 Å². The van der Waals surface area contributed by atoms with E-state index in [2.05, 4.69) is 5.32 Å². The number of ether oxygens (including phenoxy) is 1. The van der Waals surface area contributed by atoms with Gasteiger partial charge in [-0.3, -0.25) is 4.79 Å². The summed E-state index contributed by atoms with van der Waals surface area (Å²) in [5.41, 5.74) is 2.53. The lowest BCUT2D eigenvalue weighted by Crippen LogP contribution is -2.11. The lowest BCUT2D eigenvalue weighted by molar-refractivity contribution is -0.112. The summed E-state index contributed by atoms with van der Waals surface area (Å²) in [5, 5.41) is 4.00. The molecule has 0 bridgehead atoms. The van der Waals surface area contributed by atoms with Crippen molar-refractivity contribution in [2.24, 2.45) is 0 Å². The number of carbonyl (C=O) groups excluding carboxylic acids is 2. The molecule has 0 saturated heterocycles. The van der Waals surface area contributed by atoms with E-state index >= 15 is 0 Å². The summed E-state index contributed by atoms with van der Waals surface area (Å²) in [6.45, 7) is 5.52. The number of aryl methyl sites for hydroxylation is 1. The maximum Gasteiger partial charge on any atom is 0.341 e. The first-order chi connectivity index (χ1) is 10.0. The average Bonchev–Trinajstić information content (AvgIpc) is 2.75. The Hall–Kier alpha value is -1.62. The smallest absolute Gasteiger partial charge is 0.341 e. The molecule has 0 saturated carbocycles. The number of esters is 1. The summed E-state index contributed by atoms with van der Waals surface area (Å²) in [5.74, 6) is -0.283. The van der Waals surface area contributed by atoms with Crippen LogP contribution in [0, 0.1) is 0 Å². The molecule has 0 atom stereocenters. The predicted octanol–water partition coefficient (Wildman–Crippen LogP) is 3.71. The van der Waals surface area contributed by atoms with Crippen LogP contribution < -0.4 is 5.32 Å². The highest BCUT2D eigenvalue weighted by Crippen LogP contribution is 2.39. The van der Waals surface area contributed by atoms with Crippen LogP contribution in [0.1, 0.15) is 54.4 Å². The number of rotatable bonds is 5. The van der Waals surface area contributed by atoms with E-state index in [9.17, 15) is 9.59 Å². The fourth-order valence-electron chi connectivity index (χ4n) is 2.59. The Morgan fingerprint density at radius 1 is 1.29 bits per heavy atom. The zero-order valence-corrected chi connectivity index (χ0v) is 13.6. The van der Waals surface area contributed by atoms with Crippen molar-refractivity contribution in [2.45, 2.75) is 46.5 Å². The molecular formula is C16H21NO3S. The normalized spacial score (nSPS) is 14.5. The number of ketones is 1. The molecule has 1 N–H and O–H groups in total. The lowest BCUT2D eigenvalue weighted by Gasteiger charge is -2.12. The van der Waals surface area contributed by atoms with Gasteiger partial charge in [0.25, 0.3) is 0 Å². The molecule has 114 valence electrons. The molecule has 1 aromatic rings. The molecule has 1 aromatic heterocycles. The van der Waals surface area contributed by atoms with Gasteiger partial charge in [-0.15, -0.1) is 11.3 Å². The van der Waals surface area contributed by atoms with Crippen LogP contribution in [0.25, 0.3) is 0 Å².